The zero-order chi connectivity index (χ0) is 19.2. The maximum absolute atomic E-state index is 13.8. The van der Waals surface area contributed by atoms with Gasteiger partial charge in [0.05, 0.1) is 23.1 Å². The first-order valence-electron chi connectivity index (χ1n) is 8.38. The number of hydrogen-bond acceptors (Lipinski definition) is 5. The molecule has 1 N–H and O–H groups in total. The molecule has 2 aliphatic rings. The van der Waals surface area contributed by atoms with Crippen LogP contribution in [0, 0.1) is 11.7 Å². The van der Waals surface area contributed by atoms with Crippen LogP contribution in [0.1, 0.15) is 31.9 Å². The lowest BCUT2D eigenvalue weighted by Crippen LogP contribution is -2.41. The number of hydrogen-bond donors (Lipinski definition) is 1. The normalized spacial score (nSPS) is 25.4. The average Bonchev–Trinajstić information content (AvgIpc) is 3.04. The number of benzene rings is 1. The Hall–Kier alpha value is -2.22. The summed E-state index contributed by atoms with van der Waals surface area (Å²) in [6, 6.07) is 3.78. The largest absolute Gasteiger partial charge is 0.503 e. The van der Waals surface area contributed by atoms with Gasteiger partial charge in [0.2, 0.25) is 0 Å². The Balaban J connectivity index is 2.12. The van der Waals surface area contributed by atoms with Crippen molar-refractivity contribution in [2.75, 3.05) is 11.5 Å². The van der Waals surface area contributed by atoms with Gasteiger partial charge in [0.1, 0.15) is 5.82 Å². The SMILES string of the molecule is CC(C)C(=O)C1=C(O)C(=O)N([C@H]2CCS(=O)(=O)C2)[C@@H]1c1cccc(F)c1. The minimum Gasteiger partial charge on any atom is -0.503 e. The number of sulfone groups is 1. The van der Waals surface area contributed by atoms with Gasteiger partial charge >= 0.3 is 0 Å². The fourth-order valence-electron chi connectivity index (χ4n) is 3.56. The van der Waals surface area contributed by atoms with Gasteiger partial charge in [0.25, 0.3) is 5.91 Å². The molecule has 1 saturated heterocycles. The smallest absolute Gasteiger partial charge is 0.290 e. The molecule has 0 unspecified atom stereocenters. The molecule has 0 saturated carbocycles. The van der Waals surface area contributed by atoms with Crippen LogP contribution in [-0.4, -0.2) is 47.7 Å². The second-order valence-electron chi connectivity index (χ2n) is 7.01. The van der Waals surface area contributed by atoms with E-state index in [-0.39, 0.29) is 23.5 Å². The Morgan fingerprint density at radius 2 is 2.04 bits per heavy atom. The van der Waals surface area contributed by atoms with Gasteiger partial charge < -0.3 is 10.0 Å². The van der Waals surface area contributed by atoms with Gasteiger partial charge in [-0.3, -0.25) is 9.59 Å². The number of rotatable bonds is 4. The predicted octanol–water partition coefficient (Wildman–Crippen LogP) is 1.93. The van der Waals surface area contributed by atoms with Crippen molar-refractivity contribution in [2.24, 2.45) is 5.92 Å². The number of aliphatic hydroxyl groups excluding tert-OH is 1. The lowest BCUT2D eigenvalue weighted by atomic mass is 9.91. The molecule has 1 fully saturated rings. The number of carbonyl (C=O) groups excluding carboxylic acids is 2. The second kappa shape index (κ2) is 6.50. The Bertz CT molecular complexity index is 906. The number of Topliss-reactive ketones (excluding diaryl/α,β-unsaturated/α-hetero) is 1. The van der Waals surface area contributed by atoms with Crippen LogP contribution in [0.4, 0.5) is 4.39 Å². The molecule has 140 valence electrons. The lowest BCUT2D eigenvalue weighted by Gasteiger charge is -2.31. The van der Waals surface area contributed by atoms with E-state index in [1.54, 1.807) is 19.9 Å². The highest BCUT2D eigenvalue weighted by Crippen LogP contribution is 2.42. The van der Waals surface area contributed by atoms with Crippen LogP contribution in [0.2, 0.25) is 0 Å². The standard InChI is InChI=1S/C18H20FNO5S/c1-10(2)16(21)14-15(11-4-3-5-12(19)8-11)20(18(23)17(14)22)13-6-7-26(24,25)9-13/h3-5,8,10,13,15,22H,6-7,9H2,1-2H3/t13-,15+/m0/s1. The molecule has 2 aliphatic heterocycles. The van der Waals surface area contributed by atoms with Gasteiger partial charge in [0.15, 0.2) is 21.4 Å². The van der Waals surface area contributed by atoms with Crippen LogP contribution in [0.25, 0.3) is 0 Å². The number of ketones is 1. The third-order valence-corrected chi connectivity index (χ3v) is 6.55. The summed E-state index contributed by atoms with van der Waals surface area (Å²) in [4.78, 5) is 26.6. The monoisotopic (exact) mass is 381 g/mol. The van der Waals surface area contributed by atoms with Crippen LogP contribution in [0.5, 0.6) is 0 Å². The summed E-state index contributed by atoms with van der Waals surface area (Å²) < 4.78 is 37.5. The summed E-state index contributed by atoms with van der Waals surface area (Å²) in [7, 11) is -3.29. The first kappa shape index (κ1) is 18.6. The first-order valence-corrected chi connectivity index (χ1v) is 10.2. The van der Waals surface area contributed by atoms with Gasteiger partial charge in [-0.25, -0.2) is 12.8 Å². The molecule has 2 atom stereocenters. The fourth-order valence-corrected chi connectivity index (χ4v) is 5.27. The van der Waals surface area contributed by atoms with Crippen LogP contribution in [0.3, 0.4) is 0 Å². The number of carbonyl (C=O) groups is 2. The molecule has 8 heteroatoms. The zero-order valence-corrected chi connectivity index (χ0v) is 15.3. The molecular formula is C18H20FNO5S. The maximum Gasteiger partial charge on any atom is 0.290 e. The van der Waals surface area contributed by atoms with Crippen molar-refractivity contribution in [1.29, 1.82) is 0 Å². The third-order valence-electron chi connectivity index (χ3n) is 4.80. The number of aliphatic hydroxyl groups is 1. The van der Waals surface area contributed by atoms with E-state index >= 15 is 0 Å². The summed E-state index contributed by atoms with van der Waals surface area (Å²) in [5.41, 5.74) is 0.232. The Morgan fingerprint density at radius 3 is 2.58 bits per heavy atom. The molecule has 2 heterocycles. The van der Waals surface area contributed by atoms with Crippen molar-refractivity contribution in [2.45, 2.75) is 32.4 Å². The summed E-state index contributed by atoms with van der Waals surface area (Å²) in [5, 5.41) is 10.4. The van der Waals surface area contributed by atoms with Crippen LogP contribution in [0.15, 0.2) is 35.6 Å². The third kappa shape index (κ3) is 3.13. The van der Waals surface area contributed by atoms with Gasteiger partial charge in [0, 0.05) is 12.0 Å². The molecule has 6 nitrogen and oxygen atoms in total. The van der Waals surface area contributed by atoms with Crippen molar-refractivity contribution in [3.8, 4) is 0 Å². The van der Waals surface area contributed by atoms with E-state index in [2.05, 4.69) is 0 Å². The van der Waals surface area contributed by atoms with Crippen molar-refractivity contribution < 1.29 is 27.5 Å². The minimum atomic E-state index is -3.29. The maximum atomic E-state index is 13.8. The van der Waals surface area contributed by atoms with Crippen molar-refractivity contribution >= 4 is 21.5 Å². The summed E-state index contributed by atoms with van der Waals surface area (Å²) in [6.07, 6.45) is 0.219. The van der Waals surface area contributed by atoms with E-state index in [1.807, 2.05) is 0 Å². The summed E-state index contributed by atoms with van der Waals surface area (Å²) in [5.74, 6) is -3.21. The number of amides is 1. The highest BCUT2D eigenvalue weighted by atomic mass is 32.2. The highest BCUT2D eigenvalue weighted by molar-refractivity contribution is 7.91. The van der Waals surface area contributed by atoms with Crippen molar-refractivity contribution in [3.63, 3.8) is 0 Å². The quantitative estimate of drug-likeness (QED) is 0.860. The lowest BCUT2D eigenvalue weighted by molar-refractivity contribution is -0.131. The molecular weight excluding hydrogens is 361 g/mol. The van der Waals surface area contributed by atoms with Crippen molar-refractivity contribution in [1.82, 2.24) is 4.90 Å². The van der Waals surface area contributed by atoms with E-state index in [9.17, 15) is 27.5 Å². The van der Waals surface area contributed by atoms with E-state index in [0.717, 1.165) is 0 Å². The Kier molecular flexibility index (Phi) is 4.64. The molecule has 1 aromatic rings. The van der Waals surface area contributed by atoms with Gasteiger partial charge in [-0.1, -0.05) is 26.0 Å². The summed E-state index contributed by atoms with van der Waals surface area (Å²) >= 11 is 0. The van der Waals surface area contributed by atoms with Gasteiger partial charge in [-0.15, -0.1) is 0 Å². The number of nitrogens with zero attached hydrogens (tertiary/aromatic N) is 1. The van der Waals surface area contributed by atoms with E-state index in [1.165, 1.54) is 23.1 Å². The van der Waals surface area contributed by atoms with E-state index in [4.69, 9.17) is 0 Å². The molecule has 0 bridgehead atoms. The molecule has 0 aromatic heterocycles. The average molecular weight is 381 g/mol. The topological polar surface area (TPSA) is 91.8 Å². The van der Waals surface area contributed by atoms with Gasteiger partial charge in [-0.2, -0.15) is 0 Å². The Morgan fingerprint density at radius 1 is 1.35 bits per heavy atom. The first-order chi connectivity index (χ1) is 12.1. The number of halogens is 1. The molecule has 3 rings (SSSR count). The van der Waals surface area contributed by atoms with Crippen LogP contribution < -0.4 is 0 Å². The minimum absolute atomic E-state index is 0.0639. The molecule has 0 spiro atoms. The zero-order valence-electron chi connectivity index (χ0n) is 14.5. The Labute approximate surface area is 151 Å². The predicted molar refractivity (Wildman–Crippen MR) is 92.5 cm³/mol. The van der Waals surface area contributed by atoms with Crippen molar-refractivity contribution in [3.05, 3.63) is 47.0 Å². The fraction of sp³-hybridized carbons (Fsp3) is 0.444. The van der Waals surface area contributed by atoms with Crippen LogP contribution >= 0.6 is 0 Å². The van der Waals surface area contributed by atoms with E-state index in [0.29, 0.717) is 5.56 Å². The highest BCUT2D eigenvalue weighted by Gasteiger charge is 2.49. The molecule has 1 amide bonds. The summed E-state index contributed by atoms with van der Waals surface area (Å²) in [6.45, 7) is 3.27. The van der Waals surface area contributed by atoms with Gasteiger partial charge in [-0.05, 0) is 24.1 Å². The van der Waals surface area contributed by atoms with Crippen LogP contribution in [-0.2, 0) is 19.4 Å². The molecule has 26 heavy (non-hydrogen) atoms. The van der Waals surface area contributed by atoms with E-state index < -0.39 is 51.1 Å². The molecule has 0 aliphatic carbocycles. The molecule has 0 radical (unpaired) electrons. The second-order valence-corrected chi connectivity index (χ2v) is 9.24. The molecule has 1 aromatic carbocycles.